The van der Waals surface area contributed by atoms with Crippen molar-refractivity contribution in [1.29, 1.82) is 0 Å². The van der Waals surface area contributed by atoms with E-state index in [0.717, 1.165) is 31.6 Å². The van der Waals surface area contributed by atoms with Crippen LogP contribution in [-0.4, -0.2) is 83.2 Å². The number of nitrogens with one attached hydrogen (secondary N) is 3. The number of hydrogen-bond acceptors (Lipinski definition) is 8. The number of halogens is 4. The zero-order valence-electron chi connectivity index (χ0n) is 20.7. The Morgan fingerprint density at radius 3 is 2.56 bits per heavy atom. The minimum absolute atomic E-state index is 0.119. The van der Waals surface area contributed by atoms with Crippen LogP contribution in [0.1, 0.15) is 23.2 Å². The first-order valence-corrected chi connectivity index (χ1v) is 12.2. The van der Waals surface area contributed by atoms with E-state index in [1.165, 1.54) is 16.8 Å². The van der Waals surface area contributed by atoms with Crippen LogP contribution in [0.2, 0.25) is 0 Å². The molecule has 0 saturated carbocycles. The molecule has 0 aliphatic carbocycles. The SMILES string of the molecule is O=C(Nc1ccc(N2CCOCC2)cc1F)c1cnn2ccc(N[C@@H]3CCCNC3)nc12.O=C(O)C(F)(F)F. The Morgan fingerprint density at radius 2 is 1.92 bits per heavy atom. The Bertz CT molecular complexity index is 1310. The molecular weight excluding hydrogens is 526 g/mol. The van der Waals surface area contributed by atoms with E-state index in [0.29, 0.717) is 37.8 Å². The quantitative estimate of drug-likeness (QED) is 0.352. The molecule has 1 amide bonds. The van der Waals surface area contributed by atoms with Crippen molar-refractivity contribution in [3.63, 3.8) is 0 Å². The molecule has 0 bridgehead atoms. The lowest BCUT2D eigenvalue weighted by molar-refractivity contribution is -0.192. The maximum Gasteiger partial charge on any atom is 0.490 e. The molecule has 4 heterocycles. The van der Waals surface area contributed by atoms with Gasteiger partial charge in [0.1, 0.15) is 17.2 Å². The second kappa shape index (κ2) is 12.3. The Balaban J connectivity index is 0.000000448. The number of nitrogens with zero attached hydrogens (tertiary/aromatic N) is 4. The van der Waals surface area contributed by atoms with Crippen LogP contribution in [0.15, 0.2) is 36.7 Å². The minimum Gasteiger partial charge on any atom is -0.475 e. The molecule has 2 aliphatic heterocycles. The molecule has 39 heavy (non-hydrogen) atoms. The number of rotatable bonds is 5. The van der Waals surface area contributed by atoms with Gasteiger partial charge >= 0.3 is 12.1 Å². The number of carboxylic acids is 1. The van der Waals surface area contributed by atoms with Gasteiger partial charge in [0.05, 0.1) is 25.1 Å². The van der Waals surface area contributed by atoms with E-state index < -0.39 is 23.9 Å². The summed E-state index contributed by atoms with van der Waals surface area (Å²) in [7, 11) is 0. The van der Waals surface area contributed by atoms with Crippen LogP contribution in [-0.2, 0) is 9.53 Å². The van der Waals surface area contributed by atoms with Crippen molar-refractivity contribution in [1.82, 2.24) is 19.9 Å². The summed E-state index contributed by atoms with van der Waals surface area (Å²) in [5.41, 5.74) is 1.59. The van der Waals surface area contributed by atoms with Gasteiger partial charge in [0, 0.05) is 37.6 Å². The molecule has 2 aromatic heterocycles. The molecule has 2 aliphatic rings. The van der Waals surface area contributed by atoms with Crippen molar-refractivity contribution in [2.75, 3.05) is 54.9 Å². The largest absolute Gasteiger partial charge is 0.490 e. The van der Waals surface area contributed by atoms with Gasteiger partial charge < -0.3 is 30.7 Å². The highest BCUT2D eigenvalue weighted by molar-refractivity contribution is 6.08. The van der Waals surface area contributed by atoms with Gasteiger partial charge in [-0.1, -0.05) is 0 Å². The minimum atomic E-state index is -5.08. The number of ether oxygens (including phenoxy) is 1. The normalized spacial score (nSPS) is 17.7. The van der Waals surface area contributed by atoms with Crippen molar-refractivity contribution in [3.8, 4) is 0 Å². The summed E-state index contributed by atoms with van der Waals surface area (Å²) < 4.78 is 53.3. The lowest BCUT2D eigenvalue weighted by Crippen LogP contribution is -2.38. The Hall–Kier alpha value is -3.98. The number of carbonyl (C=O) groups is 2. The summed E-state index contributed by atoms with van der Waals surface area (Å²) in [6, 6.07) is 6.95. The maximum absolute atomic E-state index is 14.7. The topological polar surface area (TPSA) is 133 Å². The van der Waals surface area contributed by atoms with E-state index in [2.05, 4.69) is 30.9 Å². The molecule has 11 nitrogen and oxygen atoms in total. The number of hydrogen-bond donors (Lipinski definition) is 4. The number of fused-ring (bicyclic) bond motifs is 1. The summed E-state index contributed by atoms with van der Waals surface area (Å²) >= 11 is 0. The predicted molar refractivity (Wildman–Crippen MR) is 134 cm³/mol. The standard InChI is InChI=1S/C22H26FN7O2.C2HF3O2/c23-18-12-16(29-8-10-32-11-9-29)3-4-19(18)27-22(31)17-14-25-30-7-5-20(28-21(17)30)26-15-2-1-6-24-13-15;3-2(4,5)1(6)7/h3-5,7,12,14-15,24H,1-2,6,8-11,13H2,(H,26,28)(H,27,31);(H,6,7)/t15-;/m1./s1. The Morgan fingerprint density at radius 1 is 1.18 bits per heavy atom. The van der Waals surface area contributed by atoms with Gasteiger partial charge in [-0.3, -0.25) is 4.79 Å². The first-order valence-electron chi connectivity index (χ1n) is 12.2. The lowest BCUT2D eigenvalue weighted by atomic mass is 10.1. The summed E-state index contributed by atoms with van der Waals surface area (Å²) in [5, 5.41) is 20.8. The van der Waals surface area contributed by atoms with E-state index >= 15 is 0 Å². The van der Waals surface area contributed by atoms with E-state index in [-0.39, 0.29) is 17.3 Å². The first kappa shape index (κ1) is 28.0. The van der Waals surface area contributed by atoms with Crippen molar-refractivity contribution in [2.45, 2.75) is 25.1 Å². The molecule has 2 saturated heterocycles. The molecule has 4 N–H and O–H groups in total. The molecule has 1 aromatic carbocycles. The smallest absolute Gasteiger partial charge is 0.475 e. The predicted octanol–water partition coefficient (Wildman–Crippen LogP) is 2.75. The highest BCUT2D eigenvalue weighted by atomic mass is 19.4. The van der Waals surface area contributed by atoms with Gasteiger partial charge in [0.2, 0.25) is 0 Å². The third-order valence-electron chi connectivity index (χ3n) is 6.08. The van der Waals surface area contributed by atoms with Gasteiger partial charge in [0.15, 0.2) is 5.65 Å². The zero-order chi connectivity index (χ0) is 28.0. The second-order valence-electron chi connectivity index (χ2n) is 8.85. The zero-order valence-corrected chi connectivity index (χ0v) is 20.7. The summed E-state index contributed by atoms with van der Waals surface area (Å²) in [4.78, 5) is 28.4. The van der Waals surface area contributed by atoms with E-state index in [1.807, 2.05) is 6.07 Å². The van der Waals surface area contributed by atoms with Crippen molar-refractivity contribution < 1.29 is 37.0 Å². The number of amides is 1. The van der Waals surface area contributed by atoms with Gasteiger partial charge in [-0.2, -0.15) is 18.3 Å². The molecule has 5 rings (SSSR count). The third kappa shape index (κ3) is 7.32. The molecule has 1 atom stereocenters. The number of anilines is 3. The maximum atomic E-state index is 14.7. The van der Waals surface area contributed by atoms with Crippen LogP contribution in [0.25, 0.3) is 5.65 Å². The summed E-state index contributed by atoms with van der Waals surface area (Å²) in [6.45, 7) is 4.58. The highest BCUT2D eigenvalue weighted by Gasteiger charge is 2.38. The monoisotopic (exact) mass is 553 g/mol. The van der Waals surface area contributed by atoms with Crippen molar-refractivity contribution in [3.05, 3.63) is 48.0 Å². The molecule has 0 radical (unpaired) electrons. The third-order valence-corrected chi connectivity index (χ3v) is 6.08. The van der Waals surface area contributed by atoms with Crippen LogP contribution in [0, 0.1) is 5.82 Å². The first-order chi connectivity index (χ1) is 18.6. The lowest BCUT2D eigenvalue weighted by Gasteiger charge is -2.29. The number of carboxylic acid groups (broad SMARTS) is 1. The molecule has 210 valence electrons. The van der Waals surface area contributed by atoms with Gasteiger partial charge in [-0.25, -0.2) is 18.7 Å². The number of benzene rings is 1. The van der Waals surface area contributed by atoms with Crippen LogP contribution in [0.4, 0.5) is 34.8 Å². The molecule has 2 fully saturated rings. The number of morpholine rings is 1. The molecule has 15 heteroatoms. The van der Waals surface area contributed by atoms with E-state index in [4.69, 9.17) is 14.6 Å². The molecule has 3 aromatic rings. The average Bonchev–Trinajstić information content (AvgIpc) is 3.34. The van der Waals surface area contributed by atoms with Gasteiger partial charge in [-0.05, 0) is 43.7 Å². The van der Waals surface area contributed by atoms with Crippen LogP contribution in [0.3, 0.4) is 0 Å². The van der Waals surface area contributed by atoms with E-state index in [1.54, 1.807) is 18.3 Å². The number of aromatic nitrogens is 3. The fourth-order valence-corrected chi connectivity index (χ4v) is 4.11. The van der Waals surface area contributed by atoms with Crippen LogP contribution < -0.4 is 20.9 Å². The summed E-state index contributed by atoms with van der Waals surface area (Å²) in [5.74, 6) is -3.02. The number of carbonyl (C=O) groups excluding carboxylic acids is 1. The number of aliphatic carboxylic acids is 1. The fraction of sp³-hybridized carbons (Fsp3) is 0.417. The Labute approximate surface area is 220 Å². The molecule has 0 spiro atoms. The molecular formula is C24H27F4N7O4. The van der Waals surface area contributed by atoms with Gasteiger partial charge in [0.25, 0.3) is 5.91 Å². The summed E-state index contributed by atoms with van der Waals surface area (Å²) in [6.07, 6.45) is 0.293. The van der Waals surface area contributed by atoms with Crippen LogP contribution in [0.5, 0.6) is 0 Å². The highest BCUT2D eigenvalue weighted by Crippen LogP contribution is 2.24. The Kier molecular flexibility index (Phi) is 8.81. The van der Waals surface area contributed by atoms with Gasteiger partial charge in [-0.15, -0.1) is 0 Å². The molecule has 0 unspecified atom stereocenters. The fourth-order valence-electron chi connectivity index (χ4n) is 4.11. The average molecular weight is 554 g/mol. The van der Waals surface area contributed by atoms with Crippen LogP contribution >= 0.6 is 0 Å². The van der Waals surface area contributed by atoms with Crippen molar-refractivity contribution in [2.24, 2.45) is 0 Å². The second-order valence-corrected chi connectivity index (χ2v) is 8.85. The number of piperidine rings is 1. The van der Waals surface area contributed by atoms with E-state index in [9.17, 15) is 22.4 Å². The number of alkyl halides is 3. The van der Waals surface area contributed by atoms with Crippen molar-refractivity contribution >= 4 is 34.7 Å².